The summed E-state index contributed by atoms with van der Waals surface area (Å²) >= 11 is 0. The number of nitrogens with one attached hydrogen (secondary N) is 1. The zero-order chi connectivity index (χ0) is 13.2. The Morgan fingerprint density at radius 3 is 2.33 bits per heavy atom. The first-order valence-corrected chi connectivity index (χ1v) is 7.35. The summed E-state index contributed by atoms with van der Waals surface area (Å²) in [5, 5.41) is 3.56. The molecule has 1 heteroatoms. The lowest BCUT2D eigenvalue weighted by molar-refractivity contribution is 0.0982. The molecule has 0 radical (unpaired) electrons. The van der Waals surface area contributed by atoms with E-state index >= 15 is 0 Å². The van der Waals surface area contributed by atoms with Gasteiger partial charge in [0.2, 0.25) is 0 Å². The molecule has 0 spiro atoms. The summed E-state index contributed by atoms with van der Waals surface area (Å²) < 4.78 is 0. The standard InChI is InChI=1S/C17H27N/c1-5-18-12-17(10-15(11-17)13(2)3)16-8-6-14(4)7-9-16/h6-9,13,15,18H,5,10-12H2,1-4H3. The lowest BCUT2D eigenvalue weighted by atomic mass is 9.56. The molecule has 0 amide bonds. The van der Waals surface area contributed by atoms with Crippen LogP contribution in [0, 0.1) is 18.8 Å². The first-order valence-electron chi connectivity index (χ1n) is 7.35. The molecule has 1 aliphatic carbocycles. The molecular weight excluding hydrogens is 218 g/mol. The van der Waals surface area contributed by atoms with Gasteiger partial charge >= 0.3 is 0 Å². The molecule has 1 aromatic rings. The van der Waals surface area contributed by atoms with Crippen molar-refractivity contribution in [3.63, 3.8) is 0 Å². The molecule has 1 N–H and O–H groups in total. The summed E-state index contributed by atoms with van der Waals surface area (Å²) in [6.45, 7) is 11.3. The third kappa shape index (κ3) is 2.61. The number of hydrogen-bond acceptors (Lipinski definition) is 1. The van der Waals surface area contributed by atoms with Crippen molar-refractivity contribution >= 4 is 0 Å². The van der Waals surface area contributed by atoms with E-state index in [0.717, 1.165) is 24.9 Å². The van der Waals surface area contributed by atoms with Crippen molar-refractivity contribution in [3.8, 4) is 0 Å². The first-order chi connectivity index (χ1) is 8.57. The predicted molar refractivity (Wildman–Crippen MR) is 79.0 cm³/mol. The van der Waals surface area contributed by atoms with Gasteiger partial charge in [0.15, 0.2) is 0 Å². The predicted octanol–water partition coefficient (Wildman–Crippen LogP) is 3.91. The zero-order valence-corrected chi connectivity index (χ0v) is 12.3. The van der Waals surface area contributed by atoms with E-state index in [0.29, 0.717) is 5.41 Å². The van der Waals surface area contributed by atoms with Gasteiger partial charge in [-0.2, -0.15) is 0 Å². The minimum absolute atomic E-state index is 0.401. The van der Waals surface area contributed by atoms with E-state index in [1.807, 2.05) is 0 Å². The van der Waals surface area contributed by atoms with Gasteiger partial charge in [-0.05, 0) is 43.7 Å². The van der Waals surface area contributed by atoms with Crippen LogP contribution in [0.25, 0.3) is 0 Å². The molecule has 1 aromatic carbocycles. The molecule has 0 aliphatic heterocycles. The van der Waals surface area contributed by atoms with Crippen LogP contribution in [0.4, 0.5) is 0 Å². The van der Waals surface area contributed by atoms with Crippen LogP contribution in [0.2, 0.25) is 0 Å². The summed E-state index contributed by atoms with van der Waals surface area (Å²) in [5.41, 5.74) is 3.29. The minimum atomic E-state index is 0.401. The molecule has 18 heavy (non-hydrogen) atoms. The molecule has 0 aromatic heterocycles. The molecule has 1 aliphatic rings. The minimum Gasteiger partial charge on any atom is -0.316 e. The number of aryl methyl sites for hydroxylation is 1. The highest BCUT2D eigenvalue weighted by molar-refractivity contribution is 5.32. The number of likely N-dealkylation sites (N-methyl/N-ethyl adjacent to an activating group) is 1. The monoisotopic (exact) mass is 245 g/mol. The molecule has 0 saturated heterocycles. The van der Waals surface area contributed by atoms with E-state index in [1.54, 1.807) is 0 Å². The van der Waals surface area contributed by atoms with Gasteiger partial charge in [0.25, 0.3) is 0 Å². The number of hydrogen-bond donors (Lipinski definition) is 1. The quantitative estimate of drug-likeness (QED) is 0.829. The van der Waals surface area contributed by atoms with Gasteiger partial charge in [-0.3, -0.25) is 0 Å². The van der Waals surface area contributed by atoms with Crippen molar-refractivity contribution in [1.29, 1.82) is 0 Å². The molecule has 1 fully saturated rings. The summed E-state index contributed by atoms with van der Waals surface area (Å²) in [5.74, 6) is 1.73. The van der Waals surface area contributed by atoms with E-state index < -0.39 is 0 Å². The molecule has 0 heterocycles. The second-order valence-corrected chi connectivity index (χ2v) is 6.34. The fourth-order valence-electron chi connectivity index (χ4n) is 3.17. The summed E-state index contributed by atoms with van der Waals surface area (Å²) in [4.78, 5) is 0. The third-order valence-electron chi connectivity index (χ3n) is 4.63. The van der Waals surface area contributed by atoms with Gasteiger partial charge in [0.1, 0.15) is 0 Å². The van der Waals surface area contributed by atoms with Crippen molar-refractivity contribution < 1.29 is 0 Å². The molecule has 0 unspecified atom stereocenters. The maximum Gasteiger partial charge on any atom is 0.00832 e. The van der Waals surface area contributed by atoms with Crippen molar-refractivity contribution in [2.24, 2.45) is 11.8 Å². The van der Waals surface area contributed by atoms with Gasteiger partial charge in [0, 0.05) is 12.0 Å². The highest BCUT2D eigenvalue weighted by Crippen LogP contribution is 2.50. The van der Waals surface area contributed by atoms with Crippen LogP contribution in [0.15, 0.2) is 24.3 Å². The Bertz CT molecular complexity index is 371. The van der Waals surface area contributed by atoms with Crippen LogP contribution in [0.5, 0.6) is 0 Å². The molecule has 1 nitrogen and oxygen atoms in total. The van der Waals surface area contributed by atoms with Gasteiger partial charge in [0.05, 0.1) is 0 Å². The SMILES string of the molecule is CCNCC1(c2ccc(C)cc2)CC(C(C)C)C1. The van der Waals surface area contributed by atoms with Crippen LogP contribution >= 0.6 is 0 Å². The molecule has 1 saturated carbocycles. The molecule has 0 atom stereocenters. The normalized spacial score (nSPS) is 27.3. The van der Waals surface area contributed by atoms with E-state index in [1.165, 1.54) is 24.0 Å². The molecule has 0 bridgehead atoms. The van der Waals surface area contributed by atoms with Gasteiger partial charge in [-0.25, -0.2) is 0 Å². The average Bonchev–Trinajstić information content (AvgIpc) is 2.29. The van der Waals surface area contributed by atoms with Crippen LogP contribution in [-0.2, 0) is 5.41 Å². The maximum atomic E-state index is 3.56. The van der Waals surface area contributed by atoms with Crippen molar-refractivity contribution in [2.75, 3.05) is 13.1 Å². The largest absolute Gasteiger partial charge is 0.316 e. The van der Waals surface area contributed by atoms with Gasteiger partial charge < -0.3 is 5.32 Å². The smallest absolute Gasteiger partial charge is 0.00832 e. The lowest BCUT2D eigenvalue weighted by Gasteiger charge is -2.50. The van der Waals surface area contributed by atoms with E-state index in [4.69, 9.17) is 0 Å². The van der Waals surface area contributed by atoms with Crippen molar-refractivity contribution in [3.05, 3.63) is 35.4 Å². The fourth-order valence-corrected chi connectivity index (χ4v) is 3.17. The maximum absolute atomic E-state index is 3.56. The molecule has 100 valence electrons. The summed E-state index contributed by atoms with van der Waals surface area (Å²) in [7, 11) is 0. The zero-order valence-electron chi connectivity index (χ0n) is 12.3. The highest BCUT2D eigenvalue weighted by atomic mass is 14.9. The Kier molecular flexibility index (Phi) is 4.11. The van der Waals surface area contributed by atoms with E-state index in [2.05, 4.69) is 57.3 Å². The Balaban J connectivity index is 2.14. The number of rotatable bonds is 5. The Labute approximate surface area is 112 Å². The first kappa shape index (κ1) is 13.6. The Morgan fingerprint density at radius 1 is 1.22 bits per heavy atom. The summed E-state index contributed by atoms with van der Waals surface area (Å²) in [6, 6.07) is 9.18. The Hall–Kier alpha value is -0.820. The second-order valence-electron chi connectivity index (χ2n) is 6.34. The van der Waals surface area contributed by atoms with E-state index in [-0.39, 0.29) is 0 Å². The van der Waals surface area contributed by atoms with Crippen LogP contribution in [0.3, 0.4) is 0 Å². The third-order valence-corrected chi connectivity index (χ3v) is 4.63. The van der Waals surface area contributed by atoms with Crippen LogP contribution in [0.1, 0.15) is 44.7 Å². The topological polar surface area (TPSA) is 12.0 Å². The second kappa shape index (κ2) is 5.44. The number of benzene rings is 1. The lowest BCUT2D eigenvalue weighted by Crippen LogP contribution is -2.50. The average molecular weight is 245 g/mol. The summed E-state index contributed by atoms with van der Waals surface area (Å²) in [6.07, 6.45) is 2.70. The molecule has 2 rings (SSSR count). The van der Waals surface area contributed by atoms with Gasteiger partial charge in [-0.15, -0.1) is 0 Å². The van der Waals surface area contributed by atoms with E-state index in [9.17, 15) is 0 Å². The Morgan fingerprint density at radius 2 is 1.83 bits per heavy atom. The molecular formula is C17H27N. The van der Waals surface area contributed by atoms with Gasteiger partial charge in [-0.1, -0.05) is 50.6 Å². The van der Waals surface area contributed by atoms with Crippen molar-refractivity contribution in [2.45, 2.75) is 46.0 Å². The van der Waals surface area contributed by atoms with Crippen molar-refractivity contribution in [1.82, 2.24) is 5.32 Å². The van der Waals surface area contributed by atoms with Crippen LogP contribution in [-0.4, -0.2) is 13.1 Å². The highest BCUT2D eigenvalue weighted by Gasteiger charge is 2.45. The fraction of sp³-hybridized carbons (Fsp3) is 0.647. The van der Waals surface area contributed by atoms with Crippen LogP contribution < -0.4 is 5.32 Å².